The molecule has 2 N–H and O–H groups in total. The number of nitrogen functional groups attached to an aromatic ring is 1. The summed E-state index contributed by atoms with van der Waals surface area (Å²) in [5.41, 5.74) is 6.65. The molecule has 0 amide bonds. The maximum Gasteiger partial charge on any atom is 0.222 e. The van der Waals surface area contributed by atoms with Crippen LogP contribution in [-0.4, -0.2) is 14.8 Å². The summed E-state index contributed by atoms with van der Waals surface area (Å²) < 4.78 is 15.5. The summed E-state index contributed by atoms with van der Waals surface area (Å²) in [6.07, 6.45) is 0. The number of hydrogen-bond acceptors (Lipinski definition) is 5. The molecule has 0 saturated carbocycles. The SMILES string of the molecule is CC(C)n1c(N)nnc1SCc1cc(C#N)ccc1F. The van der Waals surface area contributed by atoms with Crippen LogP contribution in [0.15, 0.2) is 23.4 Å². The van der Waals surface area contributed by atoms with E-state index in [0.29, 0.717) is 28.0 Å². The molecular formula is C13H14FN5S. The molecule has 0 aliphatic heterocycles. The normalized spacial score (nSPS) is 10.8. The Morgan fingerprint density at radius 3 is 2.85 bits per heavy atom. The number of nitriles is 1. The van der Waals surface area contributed by atoms with Gasteiger partial charge in [0.2, 0.25) is 5.95 Å². The van der Waals surface area contributed by atoms with Gasteiger partial charge in [0.05, 0.1) is 11.6 Å². The van der Waals surface area contributed by atoms with Gasteiger partial charge in [-0.1, -0.05) is 11.8 Å². The first kappa shape index (κ1) is 14.3. The Morgan fingerprint density at radius 2 is 2.20 bits per heavy atom. The molecule has 1 aromatic carbocycles. The number of benzene rings is 1. The molecule has 20 heavy (non-hydrogen) atoms. The molecule has 1 aromatic heterocycles. The van der Waals surface area contributed by atoms with Gasteiger partial charge in [0.15, 0.2) is 5.16 Å². The van der Waals surface area contributed by atoms with E-state index in [1.807, 2.05) is 19.9 Å². The molecule has 2 aromatic rings. The molecule has 0 radical (unpaired) electrons. The van der Waals surface area contributed by atoms with E-state index >= 15 is 0 Å². The molecule has 5 nitrogen and oxygen atoms in total. The second kappa shape index (κ2) is 5.92. The van der Waals surface area contributed by atoms with Crippen LogP contribution in [0.1, 0.15) is 31.0 Å². The molecule has 2 rings (SSSR count). The van der Waals surface area contributed by atoms with Crippen molar-refractivity contribution < 1.29 is 4.39 Å². The number of aromatic nitrogens is 3. The van der Waals surface area contributed by atoms with Crippen molar-refractivity contribution in [2.75, 3.05) is 5.73 Å². The van der Waals surface area contributed by atoms with Gasteiger partial charge in [-0.05, 0) is 37.6 Å². The molecule has 0 spiro atoms. The predicted octanol–water partition coefficient (Wildman–Crippen LogP) is 2.74. The van der Waals surface area contributed by atoms with Crippen molar-refractivity contribution in [1.82, 2.24) is 14.8 Å². The number of thioether (sulfide) groups is 1. The van der Waals surface area contributed by atoms with Gasteiger partial charge in [-0.15, -0.1) is 10.2 Å². The molecule has 0 saturated heterocycles. The van der Waals surface area contributed by atoms with Crippen molar-refractivity contribution in [2.45, 2.75) is 30.8 Å². The molecule has 7 heteroatoms. The summed E-state index contributed by atoms with van der Waals surface area (Å²) >= 11 is 1.34. The summed E-state index contributed by atoms with van der Waals surface area (Å²) in [7, 11) is 0. The van der Waals surface area contributed by atoms with Crippen LogP contribution in [0.25, 0.3) is 0 Å². The van der Waals surface area contributed by atoms with E-state index in [0.717, 1.165) is 0 Å². The van der Waals surface area contributed by atoms with Gasteiger partial charge < -0.3 is 5.73 Å². The molecule has 0 unspecified atom stereocenters. The second-order valence-corrected chi connectivity index (χ2v) is 5.45. The number of anilines is 1. The van der Waals surface area contributed by atoms with Gasteiger partial charge >= 0.3 is 0 Å². The minimum atomic E-state index is -0.333. The summed E-state index contributed by atoms with van der Waals surface area (Å²) in [5.74, 6) is 0.375. The van der Waals surface area contributed by atoms with E-state index in [2.05, 4.69) is 10.2 Å². The van der Waals surface area contributed by atoms with Gasteiger partial charge in [-0.3, -0.25) is 4.57 Å². The molecule has 0 atom stereocenters. The zero-order chi connectivity index (χ0) is 14.7. The molecule has 0 fully saturated rings. The average Bonchev–Trinajstić information content (AvgIpc) is 2.79. The number of hydrogen-bond donors (Lipinski definition) is 1. The van der Waals surface area contributed by atoms with E-state index in [1.165, 1.54) is 23.9 Å². The monoisotopic (exact) mass is 291 g/mol. The third-order valence-electron chi connectivity index (χ3n) is 2.74. The maximum atomic E-state index is 13.7. The lowest BCUT2D eigenvalue weighted by atomic mass is 10.1. The third kappa shape index (κ3) is 2.91. The minimum absolute atomic E-state index is 0.128. The summed E-state index contributed by atoms with van der Waals surface area (Å²) in [5, 5.41) is 17.3. The lowest BCUT2D eigenvalue weighted by molar-refractivity contribution is 0.557. The van der Waals surface area contributed by atoms with Gasteiger partial charge in [-0.25, -0.2) is 4.39 Å². The Morgan fingerprint density at radius 1 is 1.45 bits per heavy atom. The van der Waals surface area contributed by atoms with Crippen LogP contribution in [0.3, 0.4) is 0 Å². The third-order valence-corrected chi connectivity index (χ3v) is 3.73. The van der Waals surface area contributed by atoms with Crippen LogP contribution in [0.2, 0.25) is 0 Å². The van der Waals surface area contributed by atoms with Crippen LogP contribution in [-0.2, 0) is 5.75 Å². The highest BCUT2D eigenvalue weighted by atomic mass is 32.2. The zero-order valence-corrected chi connectivity index (χ0v) is 12.0. The summed E-state index contributed by atoms with van der Waals surface area (Å²) in [6.45, 7) is 3.95. The van der Waals surface area contributed by atoms with E-state index in [1.54, 1.807) is 10.6 Å². The Hall–Kier alpha value is -2.07. The lowest BCUT2D eigenvalue weighted by Crippen LogP contribution is -2.07. The van der Waals surface area contributed by atoms with Crippen LogP contribution in [0.4, 0.5) is 10.3 Å². The van der Waals surface area contributed by atoms with Crippen molar-refractivity contribution in [3.05, 3.63) is 35.1 Å². The predicted molar refractivity (Wildman–Crippen MR) is 75.5 cm³/mol. The highest BCUT2D eigenvalue weighted by molar-refractivity contribution is 7.98. The van der Waals surface area contributed by atoms with E-state index in [4.69, 9.17) is 11.0 Å². The molecule has 1 heterocycles. The van der Waals surface area contributed by atoms with Crippen molar-refractivity contribution >= 4 is 17.7 Å². The summed E-state index contributed by atoms with van der Waals surface area (Å²) in [6, 6.07) is 6.43. The van der Waals surface area contributed by atoms with E-state index in [-0.39, 0.29) is 11.9 Å². The molecule has 0 aliphatic rings. The topological polar surface area (TPSA) is 80.5 Å². The number of nitrogens with zero attached hydrogens (tertiary/aromatic N) is 4. The Labute approximate surface area is 120 Å². The molecule has 0 aliphatic carbocycles. The summed E-state index contributed by atoms with van der Waals surface area (Å²) in [4.78, 5) is 0. The van der Waals surface area contributed by atoms with Crippen LogP contribution < -0.4 is 5.73 Å². The number of rotatable bonds is 4. The Kier molecular flexibility index (Phi) is 4.25. The smallest absolute Gasteiger partial charge is 0.222 e. The van der Waals surface area contributed by atoms with Crippen LogP contribution >= 0.6 is 11.8 Å². The van der Waals surface area contributed by atoms with Crippen molar-refractivity contribution in [1.29, 1.82) is 5.26 Å². The first-order valence-electron chi connectivity index (χ1n) is 6.04. The van der Waals surface area contributed by atoms with E-state index in [9.17, 15) is 4.39 Å². The van der Waals surface area contributed by atoms with Crippen LogP contribution in [0.5, 0.6) is 0 Å². The van der Waals surface area contributed by atoms with Crippen molar-refractivity contribution in [2.24, 2.45) is 0 Å². The fraction of sp³-hybridized carbons (Fsp3) is 0.308. The van der Waals surface area contributed by atoms with Gasteiger partial charge in [0, 0.05) is 11.8 Å². The Bertz CT molecular complexity index is 659. The van der Waals surface area contributed by atoms with Gasteiger partial charge in [-0.2, -0.15) is 5.26 Å². The lowest BCUT2D eigenvalue weighted by Gasteiger charge is -2.11. The minimum Gasteiger partial charge on any atom is -0.368 e. The number of nitrogens with two attached hydrogens (primary N) is 1. The van der Waals surface area contributed by atoms with Gasteiger partial charge in [0.25, 0.3) is 0 Å². The average molecular weight is 291 g/mol. The number of halogens is 1. The molecule has 104 valence electrons. The molecule has 0 bridgehead atoms. The standard InChI is InChI=1S/C13H14FN5S/c1-8(2)19-12(16)17-18-13(19)20-7-10-5-9(6-15)3-4-11(10)14/h3-5,8H,7H2,1-2H3,(H2,16,17). The fourth-order valence-electron chi connectivity index (χ4n) is 1.77. The van der Waals surface area contributed by atoms with E-state index < -0.39 is 0 Å². The maximum absolute atomic E-state index is 13.7. The highest BCUT2D eigenvalue weighted by Crippen LogP contribution is 2.26. The van der Waals surface area contributed by atoms with Crippen LogP contribution in [0, 0.1) is 17.1 Å². The first-order chi connectivity index (χ1) is 9.52. The second-order valence-electron chi connectivity index (χ2n) is 4.51. The highest BCUT2D eigenvalue weighted by Gasteiger charge is 2.14. The first-order valence-corrected chi connectivity index (χ1v) is 7.03. The Balaban J connectivity index is 2.19. The zero-order valence-electron chi connectivity index (χ0n) is 11.2. The van der Waals surface area contributed by atoms with Crippen molar-refractivity contribution in [3.8, 4) is 6.07 Å². The van der Waals surface area contributed by atoms with Gasteiger partial charge in [0.1, 0.15) is 5.82 Å². The largest absolute Gasteiger partial charge is 0.368 e. The molecular weight excluding hydrogens is 277 g/mol. The quantitative estimate of drug-likeness (QED) is 0.876. The van der Waals surface area contributed by atoms with Crippen molar-refractivity contribution in [3.63, 3.8) is 0 Å². The fourth-order valence-corrected chi connectivity index (χ4v) is 2.82.